The van der Waals surface area contributed by atoms with Crippen LogP contribution in [0.2, 0.25) is 0 Å². The van der Waals surface area contributed by atoms with Crippen molar-refractivity contribution in [2.45, 2.75) is 17.9 Å². The zero-order valence-electron chi connectivity index (χ0n) is 20.1. The van der Waals surface area contributed by atoms with E-state index in [-0.39, 0.29) is 17.1 Å². The zero-order valence-corrected chi connectivity index (χ0v) is 21.7. The molecule has 4 aromatic rings. The second kappa shape index (κ2) is 9.43. The third kappa shape index (κ3) is 4.34. The summed E-state index contributed by atoms with van der Waals surface area (Å²) >= 11 is 1.39. The van der Waals surface area contributed by atoms with Gasteiger partial charge in [-0.3, -0.25) is 0 Å². The van der Waals surface area contributed by atoms with Crippen LogP contribution < -0.4 is 4.90 Å². The van der Waals surface area contributed by atoms with Crippen molar-refractivity contribution < 1.29 is 22.7 Å². The molecule has 0 aliphatic carbocycles. The number of aryl methyl sites for hydroxylation is 1. The number of thiazole rings is 1. The van der Waals surface area contributed by atoms with Crippen molar-refractivity contribution in [2.75, 3.05) is 44.3 Å². The van der Waals surface area contributed by atoms with Crippen molar-refractivity contribution in [3.63, 3.8) is 0 Å². The molecule has 0 radical (unpaired) electrons. The Hall–Kier alpha value is -3.48. The number of hydrogen-bond acceptors (Lipinski definition) is 9. The SMILES string of the molecule is Cc1csc(-c2cc3c(N4CCN(C(=O)OC5COC5)CC4)ccnc3n2S(=O)(=O)c2ccccc2)n1. The van der Waals surface area contributed by atoms with Gasteiger partial charge in [0.1, 0.15) is 5.01 Å². The van der Waals surface area contributed by atoms with E-state index >= 15 is 0 Å². The van der Waals surface area contributed by atoms with Crippen molar-refractivity contribution in [1.29, 1.82) is 0 Å². The molecule has 0 N–H and O–H groups in total. The van der Waals surface area contributed by atoms with Crippen LogP contribution in [0.15, 0.2) is 58.9 Å². The first-order valence-corrected chi connectivity index (χ1v) is 14.3. The van der Waals surface area contributed by atoms with Gasteiger partial charge < -0.3 is 19.3 Å². The number of carbonyl (C=O) groups excluding carboxylic acids is 1. The molecule has 10 nitrogen and oxygen atoms in total. The smallest absolute Gasteiger partial charge is 0.410 e. The number of carbonyl (C=O) groups is 1. The predicted octanol–water partition coefficient (Wildman–Crippen LogP) is 3.36. The number of piperazine rings is 1. The van der Waals surface area contributed by atoms with Gasteiger partial charge in [0.05, 0.1) is 23.8 Å². The summed E-state index contributed by atoms with van der Waals surface area (Å²) in [6, 6.07) is 12.1. The molecule has 0 bridgehead atoms. The number of nitrogens with zero attached hydrogens (tertiary/aromatic N) is 5. The molecule has 5 heterocycles. The van der Waals surface area contributed by atoms with Crippen molar-refractivity contribution in [3.05, 3.63) is 59.7 Å². The van der Waals surface area contributed by atoms with Crippen molar-refractivity contribution in [1.82, 2.24) is 18.8 Å². The first-order chi connectivity index (χ1) is 17.9. The van der Waals surface area contributed by atoms with Crippen LogP contribution in [0, 0.1) is 6.92 Å². The predicted molar refractivity (Wildman–Crippen MR) is 139 cm³/mol. The molecule has 1 aromatic carbocycles. The van der Waals surface area contributed by atoms with Gasteiger partial charge in [0.15, 0.2) is 11.8 Å². The lowest BCUT2D eigenvalue weighted by atomic mass is 10.2. The van der Waals surface area contributed by atoms with Gasteiger partial charge in [0.25, 0.3) is 10.0 Å². The Kier molecular flexibility index (Phi) is 6.09. The van der Waals surface area contributed by atoms with E-state index in [0.29, 0.717) is 61.1 Å². The Morgan fingerprint density at radius 3 is 2.51 bits per heavy atom. The summed E-state index contributed by atoms with van der Waals surface area (Å²) < 4.78 is 39.5. The number of fused-ring (bicyclic) bond motifs is 1. The van der Waals surface area contributed by atoms with Gasteiger partial charge in [-0.2, -0.15) is 0 Å². The average molecular weight is 540 g/mol. The summed E-state index contributed by atoms with van der Waals surface area (Å²) in [5, 5.41) is 3.22. The number of anilines is 1. The Morgan fingerprint density at radius 2 is 1.86 bits per heavy atom. The van der Waals surface area contributed by atoms with Crippen molar-refractivity contribution in [2.24, 2.45) is 0 Å². The largest absolute Gasteiger partial charge is 0.441 e. The fourth-order valence-electron chi connectivity index (χ4n) is 4.53. The lowest BCUT2D eigenvalue weighted by Crippen LogP contribution is -2.51. The maximum absolute atomic E-state index is 13.9. The maximum atomic E-state index is 13.9. The molecule has 3 aromatic heterocycles. The Labute approximate surface area is 218 Å². The number of benzene rings is 1. The summed E-state index contributed by atoms with van der Waals surface area (Å²) in [7, 11) is -3.95. The minimum absolute atomic E-state index is 0.162. The quantitative estimate of drug-likeness (QED) is 0.380. The number of ether oxygens (including phenoxy) is 2. The van der Waals surface area contributed by atoms with Crippen molar-refractivity contribution >= 4 is 44.2 Å². The fraction of sp³-hybridized carbons (Fsp3) is 0.320. The number of hydrogen-bond donors (Lipinski definition) is 0. The molecule has 6 rings (SSSR count). The summed E-state index contributed by atoms with van der Waals surface area (Å²) in [5.74, 6) is 0. The number of rotatable bonds is 5. The second-order valence-corrected chi connectivity index (χ2v) is 11.6. The van der Waals surface area contributed by atoms with E-state index in [2.05, 4.69) is 14.9 Å². The van der Waals surface area contributed by atoms with Gasteiger partial charge in [-0.1, -0.05) is 18.2 Å². The van der Waals surface area contributed by atoms with Gasteiger partial charge in [-0.25, -0.2) is 27.2 Å². The lowest BCUT2D eigenvalue weighted by molar-refractivity contribution is -0.104. The molecule has 192 valence electrons. The molecular formula is C25H25N5O5S2. The molecule has 2 saturated heterocycles. The number of amides is 1. The molecule has 0 atom stereocenters. The first-order valence-electron chi connectivity index (χ1n) is 11.9. The van der Waals surface area contributed by atoms with Crippen LogP contribution in [-0.2, 0) is 19.5 Å². The molecule has 0 saturated carbocycles. The van der Waals surface area contributed by atoms with Crippen LogP contribution in [0.1, 0.15) is 5.69 Å². The Balaban J connectivity index is 1.38. The molecule has 2 fully saturated rings. The van der Waals surface area contributed by atoms with Crippen LogP contribution in [0.5, 0.6) is 0 Å². The van der Waals surface area contributed by atoms with E-state index in [1.54, 1.807) is 41.4 Å². The van der Waals surface area contributed by atoms with Gasteiger partial charge in [-0.15, -0.1) is 11.3 Å². The van der Waals surface area contributed by atoms with Crippen LogP contribution in [0.3, 0.4) is 0 Å². The minimum Gasteiger partial charge on any atom is -0.441 e. The standard InChI is InChI=1S/C25H25N5O5S2/c1-17-16-36-24(27-17)22-13-20-21(28-9-11-29(12-10-28)25(31)35-18-14-34-15-18)7-8-26-23(20)30(22)37(32,33)19-5-3-2-4-6-19/h2-8,13,16,18H,9-12,14-15H2,1H3. The topological polar surface area (TPSA) is 107 Å². The van der Waals surface area contributed by atoms with Crippen LogP contribution in [0.25, 0.3) is 21.7 Å². The van der Waals surface area contributed by atoms with Gasteiger partial charge in [-0.05, 0) is 31.2 Å². The number of pyridine rings is 1. The highest BCUT2D eigenvalue weighted by molar-refractivity contribution is 7.90. The summed E-state index contributed by atoms with van der Waals surface area (Å²) in [4.78, 5) is 25.6. The molecule has 37 heavy (non-hydrogen) atoms. The van der Waals surface area contributed by atoms with Crippen LogP contribution in [-0.4, -0.2) is 78.8 Å². The Bertz CT molecular complexity index is 1550. The minimum atomic E-state index is -3.95. The summed E-state index contributed by atoms with van der Waals surface area (Å²) in [6.07, 6.45) is 1.14. The molecule has 12 heteroatoms. The highest BCUT2D eigenvalue weighted by Gasteiger charge is 2.31. The van der Waals surface area contributed by atoms with E-state index in [1.807, 2.05) is 24.4 Å². The Morgan fingerprint density at radius 1 is 1.11 bits per heavy atom. The maximum Gasteiger partial charge on any atom is 0.410 e. The van der Waals surface area contributed by atoms with Gasteiger partial charge in [0, 0.05) is 54.5 Å². The van der Waals surface area contributed by atoms with Gasteiger partial charge >= 0.3 is 6.09 Å². The normalized spacial score (nSPS) is 16.7. The fourth-order valence-corrected chi connectivity index (χ4v) is 6.87. The molecule has 0 spiro atoms. The highest BCUT2D eigenvalue weighted by Crippen LogP contribution is 2.37. The third-order valence-electron chi connectivity index (χ3n) is 6.51. The molecule has 2 aliphatic heterocycles. The van der Waals surface area contributed by atoms with E-state index in [4.69, 9.17) is 9.47 Å². The summed E-state index contributed by atoms with van der Waals surface area (Å²) in [5.41, 5.74) is 2.50. The van der Waals surface area contributed by atoms with Gasteiger partial charge in [0.2, 0.25) is 0 Å². The molecule has 1 amide bonds. The zero-order chi connectivity index (χ0) is 25.6. The van der Waals surface area contributed by atoms with Crippen molar-refractivity contribution in [3.8, 4) is 10.7 Å². The van der Waals surface area contributed by atoms with E-state index < -0.39 is 10.0 Å². The third-order valence-corrected chi connectivity index (χ3v) is 9.21. The van der Waals surface area contributed by atoms with E-state index in [0.717, 1.165) is 11.4 Å². The molecule has 2 aliphatic rings. The molecular weight excluding hydrogens is 514 g/mol. The monoisotopic (exact) mass is 539 g/mol. The second-order valence-electron chi connectivity index (χ2n) is 8.99. The van der Waals surface area contributed by atoms with Crippen LogP contribution in [0.4, 0.5) is 10.5 Å². The average Bonchev–Trinajstić information content (AvgIpc) is 3.50. The first kappa shape index (κ1) is 23.9. The lowest BCUT2D eigenvalue weighted by Gasteiger charge is -2.37. The van der Waals surface area contributed by atoms with E-state index in [1.165, 1.54) is 15.3 Å². The van der Waals surface area contributed by atoms with E-state index in [9.17, 15) is 13.2 Å². The van der Waals surface area contributed by atoms with Crippen LogP contribution >= 0.6 is 11.3 Å². The highest BCUT2D eigenvalue weighted by atomic mass is 32.2. The summed E-state index contributed by atoms with van der Waals surface area (Å²) in [6.45, 7) is 4.94. The molecule has 0 unspecified atom stereocenters. The number of aromatic nitrogens is 3.